The molecule has 2 aliphatic heterocycles. The van der Waals surface area contributed by atoms with Gasteiger partial charge < -0.3 is 20.3 Å². The molecule has 7 heteroatoms. The lowest BCUT2D eigenvalue weighted by atomic mass is 9.87. The molecule has 2 saturated heterocycles. The molecule has 4 rings (SSSR count). The van der Waals surface area contributed by atoms with Gasteiger partial charge in [-0.3, -0.25) is 9.78 Å². The van der Waals surface area contributed by atoms with E-state index in [0.29, 0.717) is 43.4 Å². The van der Waals surface area contributed by atoms with Gasteiger partial charge in [-0.2, -0.15) is 0 Å². The summed E-state index contributed by atoms with van der Waals surface area (Å²) in [5, 5.41) is 6.19. The molecule has 7 nitrogen and oxygen atoms in total. The van der Waals surface area contributed by atoms with Crippen molar-refractivity contribution >= 4 is 17.5 Å². The van der Waals surface area contributed by atoms with E-state index in [9.17, 15) is 9.59 Å². The summed E-state index contributed by atoms with van der Waals surface area (Å²) in [6.07, 6.45) is 5.08. The number of carbonyl (C=O) groups is 2. The number of urea groups is 1. The van der Waals surface area contributed by atoms with Gasteiger partial charge in [0, 0.05) is 56.0 Å². The predicted molar refractivity (Wildman–Crippen MR) is 119 cm³/mol. The normalized spacial score (nSPS) is 21.9. The van der Waals surface area contributed by atoms with Crippen LogP contribution in [0.2, 0.25) is 0 Å². The molecule has 2 fully saturated rings. The first-order valence-electron chi connectivity index (χ1n) is 11.0. The Bertz CT molecular complexity index is 904. The molecule has 1 aromatic carbocycles. The molecule has 2 amide bonds. The number of ketones is 1. The third-order valence-corrected chi connectivity index (χ3v) is 6.37. The van der Waals surface area contributed by atoms with Crippen molar-refractivity contribution in [2.45, 2.75) is 38.2 Å². The van der Waals surface area contributed by atoms with Crippen molar-refractivity contribution in [3.05, 3.63) is 54.4 Å². The van der Waals surface area contributed by atoms with Crippen LogP contribution in [0.25, 0.3) is 0 Å². The number of benzene rings is 1. The molecule has 2 aliphatic rings. The summed E-state index contributed by atoms with van der Waals surface area (Å²) in [4.78, 5) is 31.4. The molecule has 1 aromatic heterocycles. The molecular weight excluding hydrogens is 392 g/mol. The van der Waals surface area contributed by atoms with E-state index in [1.165, 1.54) is 0 Å². The Balaban J connectivity index is 1.33. The summed E-state index contributed by atoms with van der Waals surface area (Å²) in [6, 6.07) is 11.1. The van der Waals surface area contributed by atoms with Crippen LogP contribution in [0.5, 0.6) is 5.75 Å². The van der Waals surface area contributed by atoms with Crippen molar-refractivity contribution in [2.75, 3.05) is 31.5 Å². The van der Waals surface area contributed by atoms with E-state index in [2.05, 4.69) is 15.6 Å². The van der Waals surface area contributed by atoms with E-state index in [-0.39, 0.29) is 17.7 Å². The average Bonchev–Trinajstić information content (AvgIpc) is 3.23. The molecule has 0 aliphatic carbocycles. The fourth-order valence-corrected chi connectivity index (χ4v) is 4.16. The van der Waals surface area contributed by atoms with Crippen molar-refractivity contribution in [3.8, 4) is 5.75 Å². The minimum Gasteiger partial charge on any atom is -0.478 e. The van der Waals surface area contributed by atoms with E-state index in [1.54, 1.807) is 11.1 Å². The zero-order valence-corrected chi connectivity index (χ0v) is 18.1. The lowest BCUT2D eigenvalue weighted by molar-refractivity contribution is -0.136. The van der Waals surface area contributed by atoms with Gasteiger partial charge in [-0.25, -0.2) is 4.79 Å². The molecule has 0 radical (unpaired) electrons. The fourth-order valence-electron chi connectivity index (χ4n) is 4.16. The van der Waals surface area contributed by atoms with Gasteiger partial charge in [0.25, 0.3) is 0 Å². The third-order valence-electron chi connectivity index (χ3n) is 6.37. The number of hydrogen-bond donors (Lipinski definition) is 2. The average molecular weight is 423 g/mol. The highest BCUT2D eigenvalue weighted by Crippen LogP contribution is 2.30. The van der Waals surface area contributed by atoms with Crippen LogP contribution in [0.15, 0.2) is 48.8 Å². The van der Waals surface area contributed by atoms with Crippen LogP contribution < -0.4 is 15.4 Å². The predicted octanol–water partition coefficient (Wildman–Crippen LogP) is 3.44. The van der Waals surface area contributed by atoms with E-state index < -0.39 is 5.60 Å². The van der Waals surface area contributed by atoms with Crippen molar-refractivity contribution in [1.29, 1.82) is 0 Å². The van der Waals surface area contributed by atoms with Gasteiger partial charge in [0.05, 0.1) is 0 Å². The standard InChI is InChI=1S/C24H30N4O3/c1-3-17(2)22(29)24(10-12-26-16-24)31-21-8-6-20(7-9-21)27-23(30)28-14-19(15-28)18-5-4-11-25-13-18/h4-9,11,13,17,19,26H,3,10,12,14-16H2,1-2H3,(H,27,30)/t17-,24-/m0/s1. The molecule has 31 heavy (non-hydrogen) atoms. The number of amides is 2. The maximum atomic E-state index is 12.9. The van der Waals surface area contributed by atoms with Crippen LogP contribution in [0.3, 0.4) is 0 Å². The first-order chi connectivity index (χ1) is 15.0. The summed E-state index contributed by atoms with van der Waals surface area (Å²) < 4.78 is 6.21. The zero-order chi connectivity index (χ0) is 21.8. The zero-order valence-electron chi connectivity index (χ0n) is 18.1. The van der Waals surface area contributed by atoms with Crippen LogP contribution in [-0.2, 0) is 4.79 Å². The summed E-state index contributed by atoms with van der Waals surface area (Å²) >= 11 is 0. The largest absolute Gasteiger partial charge is 0.478 e. The molecule has 0 bridgehead atoms. The molecule has 2 atom stereocenters. The number of carbonyl (C=O) groups excluding carboxylic acids is 2. The van der Waals surface area contributed by atoms with Gasteiger partial charge in [0.2, 0.25) is 0 Å². The lowest BCUT2D eigenvalue weighted by Gasteiger charge is -2.39. The van der Waals surface area contributed by atoms with Gasteiger partial charge in [-0.1, -0.05) is 19.9 Å². The first kappa shape index (κ1) is 21.3. The van der Waals surface area contributed by atoms with E-state index in [4.69, 9.17) is 4.74 Å². The molecule has 164 valence electrons. The second-order valence-corrected chi connectivity index (χ2v) is 8.54. The summed E-state index contributed by atoms with van der Waals surface area (Å²) in [7, 11) is 0. The van der Waals surface area contributed by atoms with Crippen molar-refractivity contribution in [2.24, 2.45) is 5.92 Å². The smallest absolute Gasteiger partial charge is 0.321 e. The molecule has 0 spiro atoms. The maximum absolute atomic E-state index is 12.9. The van der Waals surface area contributed by atoms with Gasteiger partial charge in [-0.05, 0) is 48.9 Å². The monoisotopic (exact) mass is 422 g/mol. The Morgan fingerprint density at radius 3 is 2.68 bits per heavy atom. The number of nitrogens with one attached hydrogen (secondary N) is 2. The Hall–Kier alpha value is -2.93. The second kappa shape index (κ2) is 9.06. The van der Waals surface area contributed by atoms with Crippen molar-refractivity contribution in [1.82, 2.24) is 15.2 Å². The molecule has 0 saturated carbocycles. The molecule has 3 heterocycles. The Morgan fingerprint density at radius 1 is 1.29 bits per heavy atom. The third kappa shape index (κ3) is 4.56. The number of hydrogen-bond acceptors (Lipinski definition) is 5. The lowest BCUT2D eigenvalue weighted by Crippen LogP contribution is -2.50. The quantitative estimate of drug-likeness (QED) is 0.714. The maximum Gasteiger partial charge on any atom is 0.321 e. The second-order valence-electron chi connectivity index (χ2n) is 8.54. The van der Waals surface area contributed by atoms with Gasteiger partial charge in [0.15, 0.2) is 11.4 Å². The SMILES string of the molecule is CC[C@H](C)C(=O)[C@]1(Oc2ccc(NC(=O)N3CC(c4cccnc4)C3)cc2)CCNC1. The molecule has 0 unspecified atom stereocenters. The van der Waals surface area contributed by atoms with Crippen LogP contribution in [0, 0.1) is 5.92 Å². The van der Waals surface area contributed by atoms with E-state index in [1.807, 2.05) is 56.4 Å². The number of likely N-dealkylation sites (tertiary alicyclic amines) is 1. The van der Waals surface area contributed by atoms with Crippen molar-refractivity contribution in [3.63, 3.8) is 0 Å². The molecule has 2 N–H and O–H groups in total. The Morgan fingerprint density at radius 2 is 2.06 bits per heavy atom. The number of aromatic nitrogens is 1. The van der Waals surface area contributed by atoms with Crippen LogP contribution in [0.1, 0.15) is 38.2 Å². The minimum atomic E-state index is -0.806. The highest BCUT2D eigenvalue weighted by Gasteiger charge is 2.45. The number of rotatable bonds is 7. The number of ether oxygens (including phenoxy) is 1. The number of Topliss-reactive ketones (excluding diaryl/α,β-unsaturated/α-hetero) is 1. The van der Waals surface area contributed by atoms with Gasteiger partial charge in [-0.15, -0.1) is 0 Å². The summed E-state index contributed by atoms with van der Waals surface area (Å²) in [5.74, 6) is 1.09. The first-order valence-corrected chi connectivity index (χ1v) is 11.0. The summed E-state index contributed by atoms with van der Waals surface area (Å²) in [6.45, 7) is 6.65. The fraction of sp³-hybridized carbons (Fsp3) is 0.458. The topological polar surface area (TPSA) is 83.6 Å². The Kier molecular flexibility index (Phi) is 6.23. The highest BCUT2D eigenvalue weighted by atomic mass is 16.5. The van der Waals surface area contributed by atoms with Crippen molar-refractivity contribution < 1.29 is 14.3 Å². The summed E-state index contributed by atoms with van der Waals surface area (Å²) in [5.41, 5.74) is 1.06. The number of pyridine rings is 1. The van der Waals surface area contributed by atoms with Crippen LogP contribution in [-0.4, -0.2) is 53.5 Å². The van der Waals surface area contributed by atoms with Gasteiger partial charge in [0.1, 0.15) is 5.75 Å². The van der Waals surface area contributed by atoms with E-state index in [0.717, 1.165) is 18.5 Å². The minimum absolute atomic E-state index is 0.0366. The van der Waals surface area contributed by atoms with Crippen LogP contribution in [0.4, 0.5) is 10.5 Å². The molecule has 2 aromatic rings. The van der Waals surface area contributed by atoms with Crippen LogP contribution >= 0.6 is 0 Å². The number of nitrogens with zero attached hydrogens (tertiary/aromatic N) is 2. The molecular formula is C24H30N4O3. The number of anilines is 1. The van der Waals surface area contributed by atoms with E-state index >= 15 is 0 Å². The Labute approximate surface area is 183 Å². The highest BCUT2D eigenvalue weighted by molar-refractivity contribution is 5.91. The van der Waals surface area contributed by atoms with Gasteiger partial charge >= 0.3 is 6.03 Å².